The number of piperazine rings is 1. The summed E-state index contributed by atoms with van der Waals surface area (Å²) in [4.78, 5) is 15.8. The fourth-order valence-corrected chi connectivity index (χ4v) is 2.16. The molecule has 1 heterocycles. The molecule has 1 aromatic carbocycles. The quantitative estimate of drug-likeness (QED) is 0.803. The minimum atomic E-state index is -0.0388. The molecule has 0 spiro atoms. The third kappa shape index (κ3) is 3.01. The molecule has 0 N–H and O–H groups in total. The number of likely N-dealkylation sites (N-methyl/N-ethyl adjacent to an activating group) is 1. The third-order valence-electron chi connectivity index (χ3n) is 3.39. The number of benzene rings is 1. The van der Waals surface area contributed by atoms with E-state index in [0.717, 1.165) is 25.4 Å². The molecular formula is C14H20N2O2. The van der Waals surface area contributed by atoms with Crippen molar-refractivity contribution in [1.29, 1.82) is 0 Å². The molecule has 0 radical (unpaired) electrons. The molecule has 98 valence electrons. The zero-order chi connectivity index (χ0) is 13.0. The van der Waals surface area contributed by atoms with E-state index < -0.39 is 0 Å². The summed E-state index contributed by atoms with van der Waals surface area (Å²) in [5.74, 6) is 1.08. The lowest BCUT2D eigenvalue weighted by Crippen LogP contribution is -2.55. The van der Waals surface area contributed by atoms with Gasteiger partial charge in [0.25, 0.3) is 0 Å². The lowest BCUT2D eigenvalue weighted by molar-refractivity contribution is -0.139. The van der Waals surface area contributed by atoms with Crippen molar-refractivity contribution < 1.29 is 9.53 Å². The fourth-order valence-electron chi connectivity index (χ4n) is 2.16. The summed E-state index contributed by atoms with van der Waals surface area (Å²) < 4.78 is 5.65. The first kappa shape index (κ1) is 12.9. The van der Waals surface area contributed by atoms with Gasteiger partial charge in [0.15, 0.2) is 0 Å². The maximum atomic E-state index is 11.8. The molecule has 0 aliphatic carbocycles. The van der Waals surface area contributed by atoms with E-state index in [2.05, 4.69) is 4.90 Å². The van der Waals surface area contributed by atoms with Crippen molar-refractivity contribution in [2.24, 2.45) is 0 Å². The van der Waals surface area contributed by atoms with Gasteiger partial charge in [-0.1, -0.05) is 18.2 Å². The van der Waals surface area contributed by atoms with Gasteiger partial charge in [-0.15, -0.1) is 0 Å². The number of para-hydroxylation sites is 1. The lowest BCUT2D eigenvalue weighted by Gasteiger charge is -2.37. The standard InChI is InChI=1S/C14H20N2O2/c1-12-14(17)15(2)8-9-16(12)10-11-18-13-6-4-3-5-7-13/h3-7,12H,8-11H2,1-2H3/t12-/m1/s1. The van der Waals surface area contributed by atoms with Crippen LogP contribution in [0.5, 0.6) is 5.75 Å². The summed E-state index contributed by atoms with van der Waals surface area (Å²) in [6.07, 6.45) is 0. The Labute approximate surface area is 108 Å². The van der Waals surface area contributed by atoms with Crippen LogP contribution < -0.4 is 4.74 Å². The Bertz CT molecular complexity index is 394. The highest BCUT2D eigenvalue weighted by molar-refractivity contribution is 5.81. The van der Waals surface area contributed by atoms with Gasteiger partial charge in [0, 0.05) is 26.7 Å². The Morgan fingerprint density at radius 1 is 1.28 bits per heavy atom. The first-order valence-corrected chi connectivity index (χ1v) is 6.35. The van der Waals surface area contributed by atoms with Gasteiger partial charge in [0.05, 0.1) is 6.04 Å². The SMILES string of the molecule is C[C@@H]1C(=O)N(C)CCN1CCOc1ccccc1. The zero-order valence-electron chi connectivity index (χ0n) is 11.0. The summed E-state index contributed by atoms with van der Waals surface area (Å²) >= 11 is 0. The van der Waals surface area contributed by atoms with Crippen LogP contribution in [0.2, 0.25) is 0 Å². The van der Waals surface area contributed by atoms with Crippen molar-refractivity contribution >= 4 is 5.91 Å². The van der Waals surface area contributed by atoms with Crippen LogP contribution in [-0.4, -0.2) is 55.0 Å². The largest absolute Gasteiger partial charge is 0.492 e. The summed E-state index contributed by atoms with van der Waals surface area (Å²) in [5, 5.41) is 0. The average molecular weight is 248 g/mol. The molecule has 18 heavy (non-hydrogen) atoms. The summed E-state index contributed by atoms with van der Waals surface area (Å²) in [6.45, 7) is 5.08. The second-order valence-corrected chi connectivity index (χ2v) is 4.63. The van der Waals surface area contributed by atoms with Gasteiger partial charge in [-0.2, -0.15) is 0 Å². The lowest BCUT2D eigenvalue weighted by atomic mass is 10.2. The predicted molar refractivity (Wildman–Crippen MR) is 70.6 cm³/mol. The molecule has 0 saturated carbocycles. The van der Waals surface area contributed by atoms with Gasteiger partial charge < -0.3 is 9.64 Å². The third-order valence-corrected chi connectivity index (χ3v) is 3.39. The molecular weight excluding hydrogens is 228 g/mol. The molecule has 1 atom stereocenters. The molecule has 0 aromatic heterocycles. The van der Waals surface area contributed by atoms with Gasteiger partial charge in [-0.3, -0.25) is 9.69 Å². The minimum absolute atomic E-state index is 0.0388. The van der Waals surface area contributed by atoms with Crippen molar-refractivity contribution in [3.63, 3.8) is 0 Å². The van der Waals surface area contributed by atoms with E-state index in [0.29, 0.717) is 6.61 Å². The van der Waals surface area contributed by atoms with E-state index in [1.54, 1.807) is 4.90 Å². The first-order valence-electron chi connectivity index (χ1n) is 6.35. The fraction of sp³-hybridized carbons (Fsp3) is 0.500. The topological polar surface area (TPSA) is 32.8 Å². The van der Waals surface area contributed by atoms with Gasteiger partial charge >= 0.3 is 0 Å². The number of hydrogen-bond acceptors (Lipinski definition) is 3. The molecule has 4 heteroatoms. The van der Waals surface area contributed by atoms with Gasteiger partial charge in [0.2, 0.25) is 5.91 Å². The number of rotatable bonds is 4. The van der Waals surface area contributed by atoms with Crippen LogP contribution in [0.25, 0.3) is 0 Å². The Balaban J connectivity index is 1.79. The highest BCUT2D eigenvalue weighted by Crippen LogP contribution is 2.11. The van der Waals surface area contributed by atoms with Gasteiger partial charge in [-0.25, -0.2) is 0 Å². The second-order valence-electron chi connectivity index (χ2n) is 4.63. The number of carbonyl (C=O) groups is 1. The maximum absolute atomic E-state index is 11.8. The Morgan fingerprint density at radius 2 is 2.00 bits per heavy atom. The summed E-state index contributed by atoms with van der Waals surface area (Å²) in [5.41, 5.74) is 0. The highest BCUT2D eigenvalue weighted by Gasteiger charge is 2.28. The van der Waals surface area contributed by atoms with Crippen molar-refractivity contribution in [2.45, 2.75) is 13.0 Å². The Morgan fingerprint density at radius 3 is 2.72 bits per heavy atom. The Kier molecular flexibility index (Phi) is 4.20. The molecule has 1 fully saturated rings. The molecule has 1 saturated heterocycles. The molecule has 0 bridgehead atoms. The van der Waals surface area contributed by atoms with Crippen molar-refractivity contribution in [1.82, 2.24) is 9.80 Å². The molecule has 1 aromatic rings. The van der Waals surface area contributed by atoms with Crippen LogP contribution in [0.4, 0.5) is 0 Å². The molecule has 1 amide bonds. The van der Waals surface area contributed by atoms with Crippen LogP contribution >= 0.6 is 0 Å². The number of carbonyl (C=O) groups excluding carboxylic acids is 1. The van der Waals surface area contributed by atoms with Crippen molar-refractivity contribution in [3.05, 3.63) is 30.3 Å². The predicted octanol–water partition coefficient (Wildman–Crippen LogP) is 1.23. The van der Waals surface area contributed by atoms with Gasteiger partial charge in [0.1, 0.15) is 12.4 Å². The molecule has 2 rings (SSSR count). The number of ether oxygens (including phenoxy) is 1. The number of amides is 1. The first-order chi connectivity index (χ1) is 8.68. The van der Waals surface area contributed by atoms with Crippen LogP contribution in [0.15, 0.2) is 30.3 Å². The highest BCUT2D eigenvalue weighted by atomic mass is 16.5. The molecule has 1 aliphatic rings. The monoisotopic (exact) mass is 248 g/mol. The van der Waals surface area contributed by atoms with E-state index in [-0.39, 0.29) is 11.9 Å². The number of hydrogen-bond donors (Lipinski definition) is 0. The zero-order valence-corrected chi connectivity index (χ0v) is 11.0. The number of nitrogens with zero attached hydrogens (tertiary/aromatic N) is 2. The van der Waals surface area contributed by atoms with Crippen molar-refractivity contribution in [3.8, 4) is 5.75 Å². The van der Waals surface area contributed by atoms with Crippen LogP contribution in [0.3, 0.4) is 0 Å². The van der Waals surface area contributed by atoms with E-state index in [4.69, 9.17) is 4.74 Å². The Hall–Kier alpha value is -1.55. The smallest absolute Gasteiger partial charge is 0.239 e. The van der Waals surface area contributed by atoms with Gasteiger partial charge in [-0.05, 0) is 19.1 Å². The molecule has 1 aliphatic heterocycles. The average Bonchev–Trinajstić information content (AvgIpc) is 2.40. The van der Waals surface area contributed by atoms with E-state index in [9.17, 15) is 4.79 Å². The second kappa shape index (κ2) is 5.87. The normalized spacial score (nSPS) is 21.1. The van der Waals surface area contributed by atoms with E-state index in [1.165, 1.54) is 0 Å². The molecule has 4 nitrogen and oxygen atoms in total. The minimum Gasteiger partial charge on any atom is -0.492 e. The summed E-state index contributed by atoms with van der Waals surface area (Å²) in [7, 11) is 1.86. The van der Waals surface area contributed by atoms with Crippen LogP contribution in [0.1, 0.15) is 6.92 Å². The van der Waals surface area contributed by atoms with Crippen molar-refractivity contribution in [2.75, 3.05) is 33.3 Å². The van der Waals surface area contributed by atoms with E-state index >= 15 is 0 Å². The van der Waals surface area contributed by atoms with Crippen LogP contribution in [0, 0.1) is 0 Å². The molecule has 0 unspecified atom stereocenters. The summed E-state index contributed by atoms with van der Waals surface area (Å²) in [6, 6.07) is 9.72. The van der Waals surface area contributed by atoms with E-state index in [1.807, 2.05) is 44.3 Å². The van der Waals surface area contributed by atoms with Crippen LogP contribution in [-0.2, 0) is 4.79 Å². The maximum Gasteiger partial charge on any atom is 0.239 e.